The number of benzene rings is 1. The normalized spacial score (nSPS) is 10.0. The Labute approximate surface area is 124 Å². The Morgan fingerprint density at radius 2 is 2.14 bits per heavy atom. The van der Waals surface area contributed by atoms with E-state index in [1.54, 1.807) is 7.05 Å². The van der Waals surface area contributed by atoms with Gasteiger partial charge in [-0.25, -0.2) is 4.79 Å². The molecule has 2 N–H and O–H groups in total. The second-order valence-corrected chi connectivity index (χ2v) is 4.82. The van der Waals surface area contributed by atoms with E-state index in [0.29, 0.717) is 26.1 Å². The van der Waals surface area contributed by atoms with Gasteiger partial charge in [-0.15, -0.1) is 0 Å². The minimum absolute atomic E-state index is 0.0560. The van der Waals surface area contributed by atoms with Crippen molar-refractivity contribution < 1.29 is 19.4 Å². The standard InChI is InChI=1S/C15H22N2O4/c1-12-5-3-6-13(11-12)21-10-9-17(2)15(20)16-8-4-7-14(18)19/h3,5-6,11H,4,7-10H2,1-2H3,(H,16,20)(H,18,19). The molecule has 21 heavy (non-hydrogen) atoms. The summed E-state index contributed by atoms with van der Waals surface area (Å²) < 4.78 is 5.57. The topological polar surface area (TPSA) is 78.9 Å². The van der Waals surface area contributed by atoms with E-state index in [4.69, 9.17) is 9.84 Å². The van der Waals surface area contributed by atoms with Crippen LogP contribution in [0.4, 0.5) is 4.79 Å². The fraction of sp³-hybridized carbons (Fsp3) is 0.467. The van der Waals surface area contributed by atoms with Gasteiger partial charge in [-0.05, 0) is 31.0 Å². The smallest absolute Gasteiger partial charge is 0.317 e. The van der Waals surface area contributed by atoms with Crippen LogP contribution in [-0.2, 0) is 4.79 Å². The summed E-state index contributed by atoms with van der Waals surface area (Å²) >= 11 is 0. The molecule has 0 fully saturated rings. The molecule has 0 aliphatic carbocycles. The molecule has 0 radical (unpaired) electrons. The zero-order valence-corrected chi connectivity index (χ0v) is 12.5. The van der Waals surface area contributed by atoms with Crippen LogP contribution in [-0.4, -0.2) is 48.8 Å². The molecular weight excluding hydrogens is 272 g/mol. The summed E-state index contributed by atoms with van der Waals surface area (Å²) in [6.07, 6.45) is 0.481. The SMILES string of the molecule is Cc1cccc(OCCN(C)C(=O)NCCCC(=O)O)c1. The third-order valence-electron chi connectivity index (χ3n) is 2.88. The van der Waals surface area contributed by atoms with Gasteiger partial charge in [-0.3, -0.25) is 4.79 Å². The molecule has 0 heterocycles. The van der Waals surface area contributed by atoms with E-state index in [1.807, 2.05) is 31.2 Å². The zero-order chi connectivity index (χ0) is 15.7. The van der Waals surface area contributed by atoms with Crippen LogP contribution >= 0.6 is 0 Å². The lowest BCUT2D eigenvalue weighted by Gasteiger charge is -2.18. The van der Waals surface area contributed by atoms with E-state index in [-0.39, 0.29) is 12.5 Å². The number of nitrogens with one attached hydrogen (secondary N) is 1. The summed E-state index contributed by atoms with van der Waals surface area (Å²) in [5.41, 5.74) is 1.12. The van der Waals surface area contributed by atoms with Crippen molar-refractivity contribution in [1.82, 2.24) is 10.2 Å². The molecular formula is C15H22N2O4. The molecule has 0 unspecified atom stereocenters. The first-order chi connectivity index (χ1) is 9.99. The molecule has 0 bridgehead atoms. The summed E-state index contributed by atoms with van der Waals surface area (Å²) in [5, 5.41) is 11.2. The lowest BCUT2D eigenvalue weighted by molar-refractivity contribution is -0.137. The summed E-state index contributed by atoms with van der Waals surface area (Å²) in [4.78, 5) is 23.5. The molecule has 0 atom stereocenters. The number of urea groups is 1. The van der Waals surface area contributed by atoms with Gasteiger partial charge in [-0.2, -0.15) is 0 Å². The highest BCUT2D eigenvalue weighted by Gasteiger charge is 2.08. The number of carbonyl (C=O) groups is 2. The van der Waals surface area contributed by atoms with Crippen molar-refractivity contribution in [3.05, 3.63) is 29.8 Å². The van der Waals surface area contributed by atoms with Gasteiger partial charge >= 0.3 is 12.0 Å². The maximum atomic E-state index is 11.7. The minimum Gasteiger partial charge on any atom is -0.492 e. The number of rotatable bonds is 8. The number of carboxylic acids is 1. The zero-order valence-electron chi connectivity index (χ0n) is 12.5. The highest BCUT2D eigenvalue weighted by atomic mass is 16.5. The van der Waals surface area contributed by atoms with E-state index in [1.165, 1.54) is 4.90 Å². The van der Waals surface area contributed by atoms with Crippen LogP contribution in [0.15, 0.2) is 24.3 Å². The Bertz CT molecular complexity index is 476. The van der Waals surface area contributed by atoms with Crippen molar-refractivity contribution >= 4 is 12.0 Å². The van der Waals surface area contributed by atoms with Crippen LogP contribution in [0.1, 0.15) is 18.4 Å². The molecule has 0 aliphatic heterocycles. The fourth-order valence-electron chi connectivity index (χ4n) is 1.68. The predicted molar refractivity (Wildman–Crippen MR) is 79.6 cm³/mol. The van der Waals surface area contributed by atoms with Crippen LogP contribution in [0.2, 0.25) is 0 Å². The molecule has 0 saturated heterocycles. The van der Waals surface area contributed by atoms with Gasteiger partial charge in [0.05, 0.1) is 6.54 Å². The van der Waals surface area contributed by atoms with Crippen molar-refractivity contribution in [2.45, 2.75) is 19.8 Å². The molecule has 0 aliphatic rings. The molecule has 1 aromatic carbocycles. The van der Waals surface area contributed by atoms with E-state index < -0.39 is 5.97 Å². The van der Waals surface area contributed by atoms with Crippen LogP contribution in [0.25, 0.3) is 0 Å². The van der Waals surface area contributed by atoms with Crippen LogP contribution in [0.3, 0.4) is 0 Å². The minimum atomic E-state index is -0.857. The second kappa shape index (κ2) is 8.84. The van der Waals surface area contributed by atoms with E-state index >= 15 is 0 Å². The molecule has 2 amide bonds. The molecule has 1 rings (SSSR count). The van der Waals surface area contributed by atoms with Gasteiger partial charge in [-0.1, -0.05) is 12.1 Å². The van der Waals surface area contributed by atoms with E-state index in [9.17, 15) is 9.59 Å². The van der Waals surface area contributed by atoms with Gasteiger partial charge in [0, 0.05) is 20.0 Å². The van der Waals surface area contributed by atoms with Crippen LogP contribution < -0.4 is 10.1 Å². The van der Waals surface area contributed by atoms with Crippen molar-refractivity contribution in [3.8, 4) is 5.75 Å². The number of hydrogen-bond donors (Lipinski definition) is 2. The van der Waals surface area contributed by atoms with Crippen molar-refractivity contribution in [2.75, 3.05) is 26.7 Å². The van der Waals surface area contributed by atoms with Crippen molar-refractivity contribution in [1.29, 1.82) is 0 Å². The fourth-order valence-corrected chi connectivity index (χ4v) is 1.68. The van der Waals surface area contributed by atoms with Gasteiger partial charge in [0.15, 0.2) is 0 Å². The molecule has 0 aromatic heterocycles. The van der Waals surface area contributed by atoms with Gasteiger partial charge < -0.3 is 20.1 Å². The quantitative estimate of drug-likeness (QED) is 0.718. The average molecular weight is 294 g/mol. The van der Waals surface area contributed by atoms with Crippen molar-refractivity contribution in [2.24, 2.45) is 0 Å². The second-order valence-electron chi connectivity index (χ2n) is 4.82. The molecule has 116 valence electrons. The largest absolute Gasteiger partial charge is 0.492 e. The lowest BCUT2D eigenvalue weighted by Crippen LogP contribution is -2.39. The monoisotopic (exact) mass is 294 g/mol. The van der Waals surface area contributed by atoms with E-state index in [0.717, 1.165) is 11.3 Å². The first-order valence-electron chi connectivity index (χ1n) is 6.89. The Balaban J connectivity index is 2.19. The lowest BCUT2D eigenvalue weighted by atomic mass is 10.2. The van der Waals surface area contributed by atoms with Gasteiger partial charge in [0.2, 0.25) is 0 Å². The third-order valence-corrected chi connectivity index (χ3v) is 2.88. The molecule has 0 spiro atoms. The number of carboxylic acid groups (broad SMARTS) is 1. The number of amides is 2. The Kier molecular flexibility index (Phi) is 7.08. The molecule has 0 saturated carbocycles. The molecule has 6 heteroatoms. The number of aliphatic carboxylic acids is 1. The Hall–Kier alpha value is -2.24. The van der Waals surface area contributed by atoms with Crippen LogP contribution in [0.5, 0.6) is 5.75 Å². The maximum Gasteiger partial charge on any atom is 0.317 e. The number of carbonyl (C=O) groups excluding carboxylic acids is 1. The van der Waals surface area contributed by atoms with E-state index in [2.05, 4.69) is 5.32 Å². The molecule has 1 aromatic rings. The number of likely N-dealkylation sites (N-methyl/N-ethyl adjacent to an activating group) is 1. The number of hydrogen-bond acceptors (Lipinski definition) is 3. The van der Waals surface area contributed by atoms with Gasteiger partial charge in [0.25, 0.3) is 0 Å². The summed E-state index contributed by atoms with van der Waals surface area (Å²) in [7, 11) is 1.67. The van der Waals surface area contributed by atoms with Crippen LogP contribution in [0, 0.1) is 6.92 Å². The van der Waals surface area contributed by atoms with Crippen molar-refractivity contribution in [3.63, 3.8) is 0 Å². The summed E-state index contributed by atoms with van der Waals surface area (Å²) in [6.45, 7) is 3.21. The number of aryl methyl sites for hydroxylation is 1. The third kappa shape index (κ3) is 7.20. The first-order valence-corrected chi connectivity index (χ1v) is 6.89. The highest BCUT2D eigenvalue weighted by Crippen LogP contribution is 2.11. The highest BCUT2D eigenvalue weighted by molar-refractivity contribution is 5.73. The Morgan fingerprint density at radius 3 is 2.81 bits per heavy atom. The number of ether oxygens (including phenoxy) is 1. The Morgan fingerprint density at radius 1 is 1.38 bits per heavy atom. The summed E-state index contributed by atoms with van der Waals surface area (Å²) in [5.74, 6) is -0.0746. The number of nitrogens with zero attached hydrogens (tertiary/aromatic N) is 1. The average Bonchev–Trinajstić information content (AvgIpc) is 2.43. The predicted octanol–water partition coefficient (Wildman–Crippen LogP) is 1.88. The first kappa shape index (κ1) is 16.8. The maximum absolute atomic E-state index is 11.7. The summed E-state index contributed by atoms with van der Waals surface area (Å²) in [6, 6.07) is 7.49. The molecule has 6 nitrogen and oxygen atoms in total. The van der Waals surface area contributed by atoms with Gasteiger partial charge in [0.1, 0.15) is 12.4 Å².